The van der Waals surface area contributed by atoms with E-state index in [1.165, 1.54) is 23.9 Å². The number of hydrogen-bond donors (Lipinski definition) is 1. The first kappa shape index (κ1) is 18.6. The minimum absolute atomic E-state index is 0.0118. The Morgan fingerprint density at radius 1 is 1.22 bits per heavy atom. The van der Waals surface area contributed by atoms with Crippen molar-refractivity contribution in [3.63, 3.8) is 0 Å². The molecule has 138 valence electrons. The summed E-state index contributed by atoms with van der Waals surface area (Å²) in [6.45, 7) is 1.96. The molecule has 8 nitrogen and oxygen atoms in total. The Bertz CT molecular complexity index is 1000. The van der Waals surface area contributed by atoms with Crippen LogP contribution in [0.4, 0.5) is 11.4 Å². The van der Waals surface area contributed by atoms with Gasteiger partial charge in [0.2, 0.25) is 5.91 Å². The summed E-state index contributed by atoms with van der Waals surface area (Å²) in [6, 6.07) is 13.8. The number of amides is 1. The molecule has 0 unspecified atom stereocenters. The molecule has 1 N–H and O–H groups in total. The zero-order chi connectivity index (χ0) is 19.4. The van der Waals surface area contributed by atoms with Gasteiger partial charge in [-0.15, -0.1) is 10.2 Å². The zero-order valence-electron chi connectivity index (χ0n) is 14.7. The molecule has 9 heteroatoms. The SMILES string of the molecule is Cc1cccc(NC(=O)CSc2nnc(-c3cccc([N+](=O)[O-])c3)n2C)c1. The van der Waals surface area contributed by atoms with E-state index in [1.807, 2.05) is 31.2 Å². The second-order valence-corrected chi connectivity index (χ2v) is 6.82. The second-order valence-electron chi connectivity index (χ2n) is 5.88. The van der Waals surface area contributed by atoms with Gasteiger partial charge in [-0.2, -0.15) is 0 Å². The first-order valence-electron chi connectivity index (χ1n) is 8.07. The summed E-state index contributed by atoms with van der Waals surface area (Å²) in [5.74, 6) is 0.528. The number of nitro benzene ring substituents is 1. The summed E-state index contributed by atoms with van der Waals surface area (Å²) in [7, 11) is 1.76. The fourth-order valence-electron chi connectivity index (χ4n) is 2.50. The van der Waals surface area contributed by atoms with Crippen molar-refractivity contribution in [2.75, 3.05) is 11.1 Å². The van der Waals surface area contributed by atoms with Crippen LogP contribution in [0.1, 0.15) is 5.56 Å². The molecular formula is C18H17N5O3S. The van der Waals surface area contributed by atoms with Crippen LogP contribution in [0.5, 0.6) is 0 Å². The van der Waals surface area contributed by atoms with Crippen molar-refractivity contribution in [3.05, 3.63) is 64.2 Å². The molecular weight excluding hydrogens is 366 g/mol. The van der Waals surface area contributed by atoms with E-state index in [0.29, 0.717) is 16.5 Å². The highest BCUT2D eigenvalue weighted by molar-refractivity contribution is 7.99. The van der Waals surface area contributed by atoms with E-state index in [0.717, 1.165) is 11.3 Å². The van der Waals surface area contributed by atoms with Gasteiger partial charge >= 0.3 is 0 Å². The molecule has 0 saturated heterocycles. The molecule has 0 atom stereocenters. The number of aromatic nitrogens is 3. The van der Waals surface area contributed by atoms with E-state index in [-0.39, 0.29) is 17.3 Å². The normalized spacial score (nSPS) is 10.6. The molecule has 0 aliphatic heterocycles. The molecule has 1 amide bonds. The molecule has 1 heterocycles. The maximum atomic E-state index is 12.1. The van der Waals surface area contributed by atoms with Gasteiger partial charge < -0.3 is 9.88 Å². The lowest BCUT2D eigenvalue weighted by molar-refractivity contribution is -0.384. The van der Waals surface area contributed by atoms with Crippen molar-refractivity contribution in [1.29, 1.82) is 0 Å². The first-order chi connectivity index (χ1) is 12.9. The maximum absolute atomic E-state index is 12.1. The van der Waals surface area contributed by atoms with Crippen molar-refractivity contribution >= 4 is 29.0 Å². The Hall–Kier alpha value is -3.20. The number of nitro groups is 1. The summed E-state index contributed by atoms with van der Waals surface area (Å²) < 4.78 is 1.71. The monoisotopic (exact) mass is 383 g/mol. The summed E-state index contributed by atoms with van der Waals surface area (Å²) >= 11 is 1.25. The average Bonchev–Trinajstić information content (AvgIpc) is 3.00. The fraction of sp³-hybridized carbons (Fsp3) is 0.167. The second kappa shape index (κ2) is 8.00. The molecule has 0 bridgehead atoms. The van der Waals surface area contributed by atoms with Crippen LogP contribution in [-0.4, -0.2) is 31.3 Å². The van der Waals surface area contributed by atoms with Crippen molar-refractivity contribution in [2.45, 2.75) is 12.1 Å². The maximum Gasteiger partial charge on any atom is 0.270 e. The summed E-state index contributed by atoms with van der Waals surface area (Å²) in [5, 5.41) is 22.5. The number of nitrogens with one attached hydrogen (secondary N) is 1. The molecule has 0 radical (unpaired) electrons. The Kier molecular flexibility index (Phi) is 5.51. The third-order valence-corrected chi connectivity index (χ3v) is 4.80. The third kappa shape index (κ3) is 4.50. The Balaban J connectivity index is 1.68. The number of benzene rings is 2. The number of carbonyl (C=O) groups excluding carboxylic acids is 1. The Morgan fingerprint density at radius 2 is 2.00 bits per heavy atom. The van der Waals surface area contributed by atoms with Crippen LogP contribution < -0.4 is 5.32 Å². The van der Waals surface area contributed by atoms with Crippen molar-refractivity contribution in [1.82, 2.24) is 14.8 Å². The number of carbonyl (C=O) groups is 1. The lowest BCUT2D eigenvalue weighted by atomic mass is 10.2. The van der Waals surface area contributed by atoms with Gasteiger partial charge in [0.15, 0.2) is 11.0 Å². The van der Waals surface area contributed by atoms with Crippen LogP contribution in [0, 0.1) is 17.0 Å². The third-order valence-electron chi connectivity index (χ3n) is 3.78. The number of thioether (sulfide) groups is 1. The number of non-ortho nitro benzene ring substituents is 1. The highest BCUT2D eigenvalue weighted by Crippen LogP contribution is 2.25. The highest BCUT2D eigenvalue weighted by Gasteiger charge is 2.15. The zero-order valence-corrected chi connectivity index (χ0v) is 15.6. The number of anilines is 1. The number of rotatable bonds is 6. The lowest BCUT2D eigenvalue weighted by Gasteiger charge is -2.06. The van der Waals surface area contributed by atoms with Crippen LogP contribution in [0.25, 0.3) is 11.4 Å². The van der Waals surface area contributed by atoms with Crippen molar-refractivity contribution < 1.29 is 9.72 Å². The van der Waals surface area contributed by atoms with Gasteiger partial charge in [-0.1, -0.05) is 36.0 Å². The molecule has 27 heavy (non-hydrogen) atoms. The number of nitrogens with zero attached hydrogens (tertiary/aromatic N) is 4. The van der Waals surface area contributed by atoms with Gasteiger partial charge in [0, 0.05) is 30.4 Å². The predicted octanol–water partition coefficient (Wildman–Crippen LogP) is 3.43. The number of aryl methyl sites for hydroxylation is 1. The smallest absolute Gasteiger partial charge is 0.270 e. The van der Waals surface area contributed by atoms with Crippen LogP contribution in [0.3, 0.4) is 0 Å². The number of hydrogen-bond acceptors (Lipinski definition) is 6. The quantitative estimate of drug-likeness (QED) is 0.397. The Morgan fingerprint density at radius 3 is 2.74 bits per heavy atom. The molecule has 0 aliphatic carbocycles. The topological polar surface area (TPSA) is 103 Å². The summed E-state index contributed by atoms with van der Waals surface area (Å²) in [4.78, 5) is 22.6. The first-order valence-corrected chi connectivity index (χ1v) is 9.06. The fourth-order valence-corrected chi connectivity index (χ4v) is 3.21. The van der Waals surface area contributed by atoms with Gasteiger partial charge in [-0.25, -0.2) is 0 Å². The van der Waals surface area contributed by atoms with Gasteiger partial charge in [0.05, 0.1) is 10.7 Å². The molecule has 1 aromatic heterocycles. The van der Waals surface area contributed by atoms with E-state index in [4.69, 9.17) is 0 Å². The van der Waals surface area contributed by atoms with Gasteiger partial charge in [-0.05, 0) is 24.6 Å². The molecule has 0 aliphatic rings. The van der Waals surface area contributed by atoms with E-state index in [2.05, 4.69) is 15.5 Å². The average molecular weight is 383 g/mol. The van der Waals surface area contributed by atoms with Crippen LogP contribution >= 0.6 is 11.8 Å². The van der Waals surface area contributed by atoms with Gasteiger partial charge in [-0.3, -0.25) is 14.9 Å². The van der Waals surface area contributed by atoms with Crippen molar-refractivity contribution in [3.8, 4) is 11.4 Å². The predicted molar refractivity (Wildman–Crippen MR) is 104 cm³/mol. The van der Waals surface area contributed by atoms with E-state index < -0.39 is 4.92 Å². The molecule has 0 spiro atoms. The molecule has 2 aromatic carbocycles. The van der Waals surface area contributed by atoms with Crippen molar-refractivity contribution in [2.24, 2.45) is 7.05 Å². The molecule has 0 fully saturated rings. The molecule has 3 aromatic rings. The van der Waals surface area contributed by atoms with Crippen LogP contribution in [0.2, 0.25) is 0 Å². The molecule has 3 rings (SSSR count). The largest absolute Gasteiger partial charge is 0.325 e. The van der Waals surface area contributed by atoms with Crippen LogP contribution in [-0.2, 0) is 11.8 Å². The summed E-state index contributed by atoms with van der Waals surface area (Å²) in [5.41, 5.74) is 2.39. The Labute approximate surface area is 159 Å². The van der Waals surface area contributed by atoms with E-state index in [1.54, 1.807) is 23.7 Å². The molecule has 0 saturated carbocycles. The minimum Gasteiger partial charge on any atom is -0.325 e. The lowest BCUT2D eigenvalue weighted by Crippen LogP contribution is -2.14. The van der Waals surface area contributed by atoms with Crippen LogP contribution in [0.15, 0.2) is 53.7 Å². The summed E-state index contributed by atoms with van der Waals surface area (Å²) in [6.07, 6.45) is 0. The van der Waals surface area contributed by atoms with Gasteiger partial charge in [0.25, 0.3) is 5.69 Å². The van der Waals surface area contributed by atoms with E-state index >= 15 is 0 Å². The van der Waals surface area contributed by atoms with Gasteiger partial charge in [0.1, 0.15) is 0 Å². The standard InChI is InChI=1S/C18H17N5O3S/c1-12-5-3-7-14(9-12)19-16(24)11-27-18-21-20-17(22(18)2)13-6-4-8-15(10-13)23(25)26/h3-10H,11H2,1-2H3,(H,19,24). The van der Waals surface area contributed by atoms with E-state index in [9.17, 15) is 14.9 Å². The minimum atomic E-state index is -0.453. The highest BCUT2D eigenvalue weighted by atomic mass is 32.2.